The van der Waals surface area contributed by atoms with Crippen molar-refractivity contribution in [3.05, 3.63) is 31.8 Å². The number of halogens is 2. The second-order valence-electron chi connectivity index (χ2n) is 4.04. The van der Waals surface area contributed by atoms with Crippen LogP contribution < -0.4 is 5.32 Å². The Hall–Kier alpha value is -0.140. The third-order valence-electron chi connectivity index (χ3n) is 2.51. The highest BCUT2D eigenvalue weighted by Gasteiger charge is 2.15. The summed E-state index contributed by atoms with van der Waals surface area (Å²) in [5.41, 5.74) is 0.666. The SMILES string of the molecule is CCCC(COC)NC(=O)c1cc(I)ccc1Br. The molecule has 1 aromatic carbocycles. The van der Waals surface area contributed by atoms with Gasteiger partial charge in [0, 0.05) is 15.2 Å². The third kappa shape index (κ3) is 4.85. The van der Waals surface area contributed by atoms with E-state index in [0.29, 0.717) is 12.2 Å². The molecule has 100 valence electrons. The Morgan fingerprint density at radius 1 is 1.56 bits per heavy atom. The minimum Gasteiger partial charge on any atom is -0.383 e. The number of benzene rings is 1. The maximum atomic E-state index is 12.2. The van der Waals surface area contributed by atoms with Crippen LogP contribution in [0.3, 0.4) is 0 Å². The molecule has 0 aliphatic rings. The van der Waals surface area contributed by atoms with Crippen LogP contribution in [0.4, 0.5) is 0 Å². The summed E-state index contributed by atoms with van der Waals surface area (Å²) in [5.74, 6) is -0.0594. The van der Waals surface area contributed by atoms with Crippen LogP contribution in [0.2, 0.25) is 0 Å². The van der Waals surface area contributed by atoms with Crippen molar-refractivity contribution in [2.45, 2.75) is 25.8 Å². The third-order valence-corrected chi connectivity index (χ3v) is 3.88. The van der Waals surface area contributed by atoms with E-state index in [4.69, 9.17) is 4.74 Å². The van der Waals surface area contributed by atoms with E-state index >= 15 is 0 Å². The maximum Gasteiger partial charge on any atom is 0.252 e. The Labute approximate surface area is 130 Å². The summed E-state index contributed by atoms with van der Waals surface area (Å²) >= 11 is 5.60. The lowest BCUT2D eigenvalue weighted by molar-refractivity contribution is 0.0891. The lowest BCUT2D eigenvalue weighted by Crippen LogP contribution is -2.38. The monoisotopic (exact) mass is 425 g/mol. The molecule has 0 aliphatic heterocycles. The van der Waals surface area contributed by atoms with Gasteiger partial charge in [0.25, 0.3) is 5.91 Å². The quantitative estimate of drug-likeness (QED) is 0.707. The Balaban J connectivity index is 2.76. The zero-order valence-corrected chi connectivity index (χ0v) is 14.2. The highest BCUT2D eigenvalue weighted by molar-refractivity contribution is 14.1. The van der Waals surface area contributed by atoms with Crippen LogP contribution in [-0.4, -0.2) is 25.7 Å². The first-order chi connectivity index (χ1) is 8.58. The minimum absolute atomic E-state index is 0.0594. The summed E-state index contributed by atoms with van der Waals surface area (Å²) in [6.07, 6.45) is 1.93. The van der Waals surface area contributed by atoms with E-state index in [0.717, 1.165) is 20.9 Å². The van der Waals surface area contributed by atoms with Gasteiger partial charge in [0.1, 0.15) is 0 Å². The van der Waals surface area contributed by atoms with Crippen molar-refractivity contribution in [3.63, 3.8) is 0 Å². The minimum atomic E-state index is -0.0594. The van der Waals surface area contributed by atoms with Crippen LogP contribution in [0.1, 0.15) is 30.1 Å². The van der Waals surface area contributed by atoms with Gasteiger partial charge >= 0.3 is 0 Å². The van der Waals surface area contributed by atoms with Gasteiger partial charge in [-0.1, -0.05) is 13.3 Å². The average Bonchev–Trinajstić information content (AvgIpc) is 2.33. The normalized spacial score (nSPS) is 12.2. The van der Waals surface area contributed by atoms with Crippen molar-refractivity contribution in [3.8, 4) is 0 Å². The van der Waals surface area contributed by atoms with Gasteiger partial charge in [-0.15, -0.1) is 0 Å². The van der Waals surface area contributed by atoms with E-state index in [-0.39, 0.29) is 11.9 Å². The van der Waals surface area contributed by atoms with Crippen molar-refractivity contribution in [2.75, 3.05) is 13.7 Å². The van der Waals surface area contributed by atoms with Crippen LogP contribution in [0, 0.1) is 3.57 Å². The van der Waals surface area contributed by atoms with Crippen molar-refractivity contribution in [1.82, 2.24) is 5.32 Å². The molecule has 0 spiro atoms. The summed E-state index contributed by atoms with van der Waals surface area (Å²) in [6.45, 7) is 2.64. The number of methoxy groups -OCH3 is 1. The van der Waals surface area contributed by atoms with Crippen LogP contribution >= 0.6 is 38.5 Å². The van der Waals surface area contributed by atoms with E-state index in [1.807, 2.05) is 18.2 Å². The molecule has 1 amide bonds. The van der Waals surface area contributed by atoms with Crippen LogP contribution in [0.15, 0.2) is 22.7 Å². The summed E-state index contributed by atoms with van der Waals surface area (Å²) in [6, 6.07) is 5.79. The van der Waals surface area contributed by atoms with Crippen LogP contribution in [0.5, 0.6) is 0 Å². The lowest BCUT2D eigenvalue weighted by atomic mass is 10.1. The van der Waals surface area contributed by atoms with Crippen LogP contribution in [0.25, 0.3) is 0 Å². The first kappa shape index (κ1) is 15.9. The Morgan fingerprint density at radius 2 is 2.28 bits per heavy atom. The Morgan fingerprint density at radius 3 is 2.89 bits per heavy atom. The number of hydrogen-bond donors (Lipinski definition) is 1. The number of nitrogens with one attached hydrogen (secondary N) is 1. The summed E-state index contributed by atoms with van der Waals surface area (Å²) in [7, 11) is 1.65. The van der Waals surface area contributed by atoms with Gasteiger partial charge in [-0.05, 0) is 63.1 Å². The van der Waals surface area contributed by atoms with E-state index in [9.17, 15) is 4.79 Å². The molecular formula is C13H17BrINO2. The molecule has 5 heteroatoms. The molecule has 0 aliphatic carbocycles. The van der Waals surface area contributed by atoms with Crippen LogP contribution in [-0.2, 0) is 4.74 Å². The van der Waals surface area contributed by atoms with E-state index in [1.165, 1.54) is 0 Å². The molecule has 0 aromatic heterocycles. The fourth-order valence-electron chi connectivity index (χ4n) is 1.68. The first-order valence-electron chi connectivity index (χ1n) is 5.83. The molecule has 1 unspecified atom stereocenters. The molecule has 0 bridgehead atoms. The Kier molecular flexibility index (Phi) is 7.18. The van der Waals surface area contributed by atoms with E-state index < -0.39 is 0 Å². The number of carbonyl (C=O) groups is 1. The van der Waals surface area contributed by atoms with Gasteiger partial charge in [0.05, 0.1) is 18.2 Å². The van der Waals surface area contributed by atoms with Gasteiger partial charge in [-0.25, -0.2) is 0 Å². The molecular weight excluding hydrogens is 409 g/mol. The molecule has 3 nitrogen and oxygen atoms in total. The molecule has 1 aromatic rings. The number of rotatable bonds is 6. The predicted molar refractivity (Wildman–Crippen MR) is 84.9 cm³/mol. The first-order valence-corrected chi connectivity index (χ1v) is 7.70. The van der Waals surface area contributed by atoms with Crippen molar-refractivity contribution in [1.29, 1.82) is 0 Å². The molecule has 0 saturated heterocycles. The molecule has 18 heavy (non-hydrogen) atoms. The second-order valence-corrected chi connectivity index (χ2v) is 6.14. The standard InChI is InChI=1S/C13H17BrINO2/c1-3-4-10(8-18-2)16-13(17)11-7-9(15)5-6-12(11)14/h5-7,10H,3-4,8H2,1-2H3,(H,16,17). The van der Waals surface area contributed by atoms with Gasteiger partial charge in [-0.2, -0.15) is 0 Å². The topological polar surface area (TPSA) is 38.3 Å². The van der Waals surface area contributed by atoms with Crippen molar-refractivity contribution < 1.29 is 9.53 Å². The summed E-state index contributed by atoms with van der Waals surface area (Å²) < 4.78 is 6.97. The van der Waals surface area contributed by atoms with Gasteiger partial charge < -0.3 is 10.1 Å². The average molecular weight is 426 g/mol. The second kappa shape index (κ2) is 8.12. The number of carbonyl (C=O) groups excluding carboxylic acids is 1. The fourth-order valence-corrected chi connectivity index (χ4v) is 2.60. The van der Waals surface area contributed by atoms with Gasteiger partial charge in [-0.3, -0.25) is 4.79 Å². The smallest absolute Gasteiger partial charge is 0.252 e. The van der Waals surface area contributed by atoms with Crippen molar-refractivity contribution >= 4 is 44.4 Å². The molecule has 1 N–H and O–H groups in total. The fraction of sp³-hybridized carbons (Fsp3) is 0.462. The number of amides is 1. The largest absolute Gasteiger partial charge is 0.383 e. The number of ether oxygens (including phenoxy) is 1. The molecule has 1 rings (SSSR count). The zero-order chi connectivity index (χ0) is 13.5. The molecule has 1 atom stereocenters. The highest BCUT2D eigenvalue weighted by atomic mass is 127. The van der Waals surface area contributed by atoms with E-state index in [1.54, 1.807) is 7.11 Å². The highest BCUT2D eigenvalue weighted by Crippen LogP contribution is 2.19. The zero-order valence-electron chi connectivity index (χ0n) is 10.5. The van der Waals surface area contributed by atoms with Gasteiger partial charge in [0.2, 0.25) is 0 Å². The van der Waals surface area contributed by atoms with E-state index in [2.05, 4.69) is 50.8 Å². The summed E-state index contributed by atoms with van der Waals surface area (Å²) in [5, 5.41) is 3.01. The predicted octanol–water partition coefficient (Wildman–Crippen LogP) is 3.60. The number of hydrogen-bond acceptors (Lipinski definition) is 2. The maximum absolute atomic E-state index is 12.2. The summed E-state index contributed by atoms with van der Waals surface area (Å²) in [4.78, 5) is 12.2. The molecule has 0 fully saturated rings. The lowest BCUT2D eigenvalue weighted by Gasteiger charge is -2.17. The molecule has 0 saturated carbocycles. The van der Waals surface area contributed by atoms with Gasteiger partial charge in [0.15, 0.2) is 0 Å². The molecule has 0 heterocycles. The molecule has 0 radical (unpaired) electrons. The van der Waals surface area contributed by atoms with Crippen molar-refractivity contribution in [2.24, 2.45) is 0 Å². The Bertz CT molecular complexity index is 406.